The number of nitrogens with one attached hydrogen (secondary N) is 1. The van der Waals surface area contributed by atoms with Crippen LogP contribution < -0.4 is 10.2 Å². The molecule has 0 radical (unpaired) electrons. The van der Waals surface area contributed by atoms with E-state index in [1.54, 1.807) is 23.1 Å². The van der Waals surface area contributed by atoms with E-state index in [2.05, 4.69) is 16.4 Å². The van der Waals surface area contributed by atoms with E-state index in [0.717, 1.165) is 0 Å². The second-order valence-corrected chi connectivity index (χ2v) is 8.60. The predicted molar refractivity (Wildman–Crippen MR) is 116 cm³/mol. The van der Waals surface area contributed by atoms with Crippen LogP contribution in [-0.2, 0) is 9.53 Å². The van der Waals surface area contributed by atoms with Gasteiger partial charge in [-0.3, -0.25) is 14.6 Å². The lowest BCUT2D eigenvalue weighted by Crippen LogP contribution is -2.49. The first-order chi connectivity index (χ1) is 15.8. The van der Waals surface area contributed by atoms with Crippen LogP contribution in [0.25, 0.3) is 10.9 Å². The van der Waals surface area contributed by atoms with Crippen molar-refractivity contribution in [3.05, 3.63) is 36.0 Å². The third-order valence-corrected chi connectivity index (χ3v) is 6.53. The first-order valence-electron chi connectivity index (χ1n) is 10.1. The lowest BCUT2D eigenvalue weighted by atomic mass is 10.1. The molecule has 2 aliphatic rings. The Morgan fingerprint density at radius 2 is 2.15 bits per heavy atom. The van der Waals surface area contributed by atoms with Gasteiger partial charge in [0, 0.05) is 29.6 Å². The van der Waals surface area contributed by atoms with Crippen LogP contribution in [0, 0.1) is 11.3 Å². The minimum atomic E-state index is -4.47. The summed E-state index contributed by atoms with van der Waals surface area (Å²) in [6.07, 6.45) is -4.89. The molecule has 4 rings (SSSR count). The van der Waals surface area contributed by atoms with E-state index in [1.807, 2.05) is 0 Å². The first-order valence-corrected chi connectivity index (χ1v) is 11.3. The molecule has 3 heterocycles. The van der Waals surface area contributed by atoms with Gasteiger partial charge in [0.05, 0.1) is 42.7 Å². The van der Waals surface area contributed by atoms with Crippen LogP contribution in [0.4, 0.5) is 18.9 Å². The zero-order chi connectivity index (χ0) is 23.6. The monoisotopic (exact) mass is 479 g/mol. The van der Waals surface area contributed by atoms with E-state index in [1.165, 1.54) is 28.9 Å². The maximum Gasteiger partial charge on any atom is 0.416 e. The molecule has 174 valence electrons. The van der Waals surface area contributed by atoms with E-state index in [0.29, 0.717) is 28.2 Å². The third kappa shape index (κ3) is 4.99. The number of ether oxygens (including phenoxy) is 1. The summed E-state index contributed by atoms with van der Waals surface area (Å²) in [7, 11) is 0. The predicted octanol–water partition coefficient (Wildman–Crippen LogP) is 2.16. The van der Waals surface area contributed by atoms with Gasteiger partial charge in [0.2, 0.25) is 5.91 Å². The summed E-state index contributed by atoms with van der Waals surface area (Å²) in [6.45, 7) is -0.400. The molecule has 2 amide bonds. The standard InChI is InChI=1S/C21H20F3N5O3S/c22-21(23,24)18-10-28(5-6-32-18)13-1-2-17-16(7-13)15(3-4-26-17)20(31)27-9-19(30)29-12-33-11-14(29)8-25/h1-4,7,14,18H,5-6,9-12H2,(H,27,31). The van der Waals surface area contributed by atoms with Crippen LogP contribution in [-0.4, -0.2) is 77.9 Å². The molecule has 2 saturated heterocycles. The van der Waals surface area contributed by atoms with Crippen molar-refractivity contribution in [2.45, 2.75) is 18.3 Å². The summed E-state index contributed by atoms with van der Waals surface area (Å²) in [6, 6.07) is 7.97. The molecule has 8 nitrogen and oxygen atoms in total. The molecule has 1 aromatic carbocycles. The van der Waals surface area contributed by atoms with E-state index in [4.69, 9.17) is 10.00 Å². The summed E-state index contributed by atoms with van der Waals surface area (Å²) >= 11 is 1.47. The van der Waals surface area contributed by atoms with Crippen molar-refractivity contribution in [3.8, 4) is 6.07 Å². The van der Waals surface area contributed by atoms with Gasteiger partial charge in [-0.05, 0) is 24.3 Å². The summed E-state index contributed by atoms with van der Waals surface area (Å²) in [5.41, 5.74) is 1.27. The van der Waals surface area contributed by atoms with Crippen molar-refractivity contribution in [1.29, 1.82) is 5.26 Å². The summed E-state index contributed by atoms with van der Waals surface area (Å²) in [5, 5.41) is 12.2. The van der Waals surface area contributed by atoms with Gasteiger partial charge in [-0.15, -0.1) is 11.8 Å². The Kier molecular flexibility index (Phi) is 6.62. The van der Waals surface area contributed by atoms with Crippen LogP contribution in [0.5, 0.6) is 0 Å². The van der Waals surface area contributed by atoms with Crippen LogP contribution in [0.2, 0.25) is 0 Å². The Morgan fingerprint density at radius 3 is 2.91 bits per heavy atom. The fourth-order valence-corrected chi connectivity index (χ4v) is 4.86. The fraction of sp³-hybridized carbons (Fsp3) is 0.429. The zero-order valence-corrected chi connectivity index (χ0v) is 18.2. The van der Waals surface area contributed by atoms with Crippen molar-refractivity contribution in [2.75, 3.05) is 42.8 Å². The number of hydrogen-bond acceptors (Lipinski definition) is 7. The number of carbonyl (C=O) groups excluding carboxylic acids is 2. The van der Waals surface area contributed by atoms with E-state index < -0.39 is 24.2 Å². The number of benzene rings is 1. The Hall–Kier alpha value is -3.04. The summed E-state index contributed by atoms with van der Waals surface area (Å²) < 4.78 is 44.1. The van der Waals surface area contributed by atoms with Crippen LogP contribution in [0.1, 0.15) is 10.4 Å². The van der Waals surface area contributed by atoms with Gasteiger partial charge in [-0.2, -0.15) is 18.4 Å². The van der Waals surface area contributed by atoms with Gasteiger partial charge in [0.25, 0.3) is 5.91 Å². The molecule has 0 aliphatic carbocycles. The van der Waals surface area contributed by atoms with Crippen LogP contribution in [0.3, 0.4) is 0 Å². The molecule has 0 saturated carbocycles. The van der Waals surface area contributed by atoms with Gasteiger partial charge in [-0.1, -0.05) is 0 Å². The average molecular weight is 479 g/mol. The number of nitriles is 1. The summed E-state index contributed by atoms with van der Waals surface area (Å²) in [4.78, 5) is 32.5. The average Bonchev–Trinajstić information content (AvgIpc) is 3.30. The topological polar surface area (TPSA) is 98.6 Å². The van der Waals surface area contributed by atoms with E-state index in [9.17, 15) is 22.8 Å². The molecule has 33 heavy (non-hydrogen) atoms. The van der Waals surface area contributed by atoms with Crippen molar-refractivity contribution < 1.29 is 27.5 Å². The highest BCUT2D eigenvalue weighted by molar-refractivity contribution is 7.99. The van der Waals surface area contributed by atoms with Gasteiger partial charge in [0.1, 0.15) is 6.04 Å². The number of carbonyl (C=O) groups is 2. The van der Waals surface area contributed by atoms with Crippen LogP contribution in [0.15, 0.2) is 30.5 Å². The number of hydrogen-bond donors (Lipinski definition) is 1. The second kappa shape index (κ2) is 9.44. The number of pyridine rings is 1. The Labute approximate surface area is 191 Å². The highest BCUT2D eigenvalue weighted by Crippen LogP contribution is 2.30. The van der Waals surface area contributed by atoms with Crippen LogP contribution >= 0.6 is 11.8 Å². The van der Waals surface area contributed by atoms with Gasteiger partial charge >= 0.3 is 6.18 Å². The maximum atomic E-state index is 13.1. The molecule has 2 atom stereocenters. The molecule has 2 unspecified atom stereocenters. The molecule has 1 N–H and O–H groups in total. The number of halogens is 3. The molecule has 2 aliphatic heterocycles. The number of thioether (sulfide) groups is 1. The van der Waals surface area contributed by atoms with E-state index >= 15 is 0 Å². The maximum absolute atomic E-state index is 13.1. The third-order valence-electron chi connectivity index (χ3n) is 5.52. The molecule has 2 fully saturated rings. The number of aromatic nitrogens is 1. The number of nitrogens with zero attached hydrogens (tertiary/aromatic N) is 4. The lowest BCUT2D eigenvalue weighted by molar-refractivity contribution is -0.221. The molecular weight excluding hydrogens is 459 g/mol. The number of morpholine rings is 1. The largest absolute Gasteiger partial charge is 0.416 e. The number of anilines is 1. The van der Waals surface area contributed by atoms with Gasteiger partial charge < -0.3 is 19.9 Å². The SMILES string of the molecule is N#CC1CSCN1C(=O)CNC(=O)c1ccnc2ccc(N3CCOC(C(F)(F)F)C3)cc12. The number of fused-ring (bicyclic) bond motifs is 1. The smallest absolute Gasteiger partial charge is 0.366 e. The molecule has 0 spiro atoms. The van der Waals surface area contributed by atoms with Gasteiger partial charge in [-0.25, -0.2) is 0 Å². The highest BCUT2D eigenvalue weighted by atomic mass is 32.2. The minimum absolute atomic E-state index is 0.0663. The summed E-state index contributed by atoms with van der Waals surface area (Å²) in [5.74, 6) is 0.0614. The quantitative estimate of drug-likeness (QED) is 0.718. The molecular formula is C21H20F3N5O3S. The number of amides is 2. The molecule has 12 heteroatoms. The zero-order valence-electron chi connectivity index (χ0n) is 17.3. The highest BCUT2D eigenvalue weighted by Gasteiger charge is 2.43. The van der Waals surface area contributed by atoms with Crippen molar-refractivity contribution in [3.63, 3.8) is 0 Å². The Balaban J connectivity index is 1.51. The van der Waals surface area contributed by atoms with Crippen molar-refractivity contribution in [2.24, 2.45) is 0 Å². The van der Waals surface area contributed by atoms with Crippen molar-refractivity contribution in [1.82, 2.24) is 15.2 Å². The number of alkyl halides is 3. The Morgan fingerprint density at radius 1 is 1.33 bits per heavy atom. The minimum Gasteiger partial charge on any atom is -0.366 e. The fourth-order valence-electron chi connectivity index (χ4n) is 3.76. The Bertz CT molecular complexity index is 1110. The van der Waals surface area contributed by atoms with Gasteiger partial charge in [0.15, 0.2) is 6.10 Å². The van der Waals surface area contributed by atoms with Crippen molar-refractivity contribution >= 4 is 40.2 Å². The molecule has 2 aromatic rings. The lowest BCUT2D eigenvalue weighted by Gasteiger charge is -2.35. The van der Waals surface area contributed by atoms with E-state index in [-0.39, 0.29) is 37.7 Å². The molecule has 1 aromatic heterocycles. The first kappa shape index (κ1) is 23.1. The molecule has 0 bridgehead atoms. The normalized spacial score (nSPS) is 21.2. The number of rotatable bonds is 4. The second-order valence-electron chi connectivity index (χ2n) is 7.60.